The van der Waals surface area contributed by atoms with Crippen LogP contribution >= 0.6 is 11.6 Å². The molecule has 0 aliphatic carbocycles. The van der Waals surface area contributed by atoms with Crippen molar-refractivity contribution in [3.05, 3.63) is 39.2 Å². The second kappa shape index (κ2) is 3.77. The minimum Gasteiger partial charge on any atom is -0.166 e. The van der Waals surface area contributed by atoms with Crippen LogP contribution in [0, 0.1) is 0 Å². The van der Waals surface area contributed by atoms with Crippen LogP contribution in [0.15, 0.2) is 23.3 Å². The normalized spacial score (nSPS) is 10.9. The monoisotopic (exact) mass is 221 g/mol. The van der Waals surface area contributed by atoms with E-state index in [2.05, 4.69) is 10.0 Å². The molecule has 0 fully saturated rings. The highest BCUT2D eigenvalue weighted by Crippen LogP contribution is 2.40. The Balaban J connectivity index is 3.43. The predicted molar refractivity (Wildman–Crippen MR) is 45.3 cm³/mol. The van der Waals surface area contributed by atoms with Crippen LogP contribution in [0.25, 0.3) is 10.4 Å². The van der Waals surface area contributed by atoms with Crippen molar-refractivity contribution in [3.63, 3.8) is 0 Å². The number of alkyl halides is 3. The van der Waals surface area contributed by atoms with Gasteiger partial charge in [-0.3, -0.25) is 0 Å². The summed E-state index contributed by atoms with van der Waals surface area (Å²) in [4.78, 5) is 2.28. The van der Waals surface area contributed by atoms with Crippen LogP contribution in [0.2, 0.25) is 5.02 Å². The van der Waals surface area contributed by atoms with E-state index in [9.17, 15) is 13.2 Å². The molecular formula is C7H3ClF3N3. The highest BCUT2D eigenvalue weighted by atomic mass is 35.5. The number of halogens is 4. The van der Waals surface area contributed by atoms with Crippen molar-refractivity contribution < 1.29 is 13.2 Å². The molecule has 0 bridgehead atoms. The standard InChI is InChI=1S/C7H3ClF3N3/c8-5-3-1-2-4(7(9,10)11)6(5)13-14-12/h1-3H. The Bertz CT molecular complexity index is 396. The third-order valence-corrected chi connectivity index (χ3v) is 1.74. The van der Waals surface area contributed by atoms with Gasteiger partial charge in [0.1, 0.15) is 0 Å². The van der Waals surface area contributed by atoms with Crippen molar-refractivity contribution in [2.45, 2.75) is 6.18 Å². The first kappa shape index (κ1) is 10.7. The Labute approximate surface area is 81.7 Å². The fraction of sp³-hybridized carbons (Fsp3) is 0.143. The van der Waals surface area contributed by atoms with Gasteiger partial charge in [0.05, 0.1) is 16.3 Å². The summed E-state index contributed by atoms with van der Waals surface area (Å²) in [5.74, 6) is 0. The predicted octanol–water partition coefficient (Wildman–Crippen LogP) is 4.30. The lowest BCUT2D eigenvalue weighted by Gasteiger charge is -2.09. The van der Waals surface area contributed by atoms with Gasteiger partial charge in [-0.15, -0.1) is 0 Å². The van der Waals surface area contributed by atoms with Gasteiger partial charge in [0.25, 0.3) is 0 Å². The van der Waals surface area contributed by atoms with Crippen molar-refractivity contribution in [2.24, 2.45) is 5.11 Å². The molecule has 0 heterocycles. The molecule has 0 amide bonds. The van der Waals surface area contributed by atoms with E-state index in [1.807, 2.05) is 0 Å². The summed E-state index contributed by atoms with van der Waals surface area (Å²) in [6.45, 7) is 0. The van der Waals surface area contributed by atoms with Crippen molar-refractivity contribution in [2.75, 3.05) is 0 Å². The summed E-state index contributed by atoms with van der Waals surface area (Å²) in [6, 6.07) is 3.16. The number of hydrogen-bond donors (Lipinski definition) is 0. The molecule has 3 nitrogen and oxygen atoms in total. The zero-order valence-corrected chi connectivity index (χ0v) is 7.34. The Morgan fingerprint density at radius 2 is 2.00 bits per heavy atom. The molecular weight excluding hydrogens is 219 g/mol. The highest BCUT2D eigenvalue weighted by Gasteiger charge is 2.33. The topological polar surface area (TPSA) is 48.8 Å². The summed E-state index contributed by atoms with van der Waals surface area (Å²) < 4.78 is 36.9. The smallest absolute Gasteiger partial charge is 0.166 e. The Morgan fingerprint density at radius 1 is 1.36 bits per heavy atom. The first-order chi connectivity index (χ1) is 6.46. The number of rotatable bonds is 1. The van der Waals surface area contributed by atoms with Crippen LogP contribution in [0.4, 0.5) is 18.9 Å². The molecule has 0 saturated carbocycles. The SMILES string of the molecule is [N-]=[N+]=Nc1c(Cl)cccc1C(F)(F)F. The molecule has 0 aliphatic rings. The van der Waals surface area contributed by atoms with Gasteiger partial charge in [-0.25, -0.2) is 0 Å². The van der Waals surface area contributed by atoms with Crippen molar-refractivity contribution in [1.82, 2.24) is 0 Å². The van der Waals surface area contributed by atoms with Crippen LogP contribution < -0.4 is 0 Å². The summed E-state index contributed by atoms with van der Waals surface area (Å²) in [6.07, 6.45) is -4.57. The van der Waals surface area contributed by atoms with Crippen LogP contribution in [-0.4, -0.2) is 0 Å². The average Bonchev–Trinajstić information content (AvgIpc) is 2.07. The lowest BCUT2D eigenvalue weighted by molar-refractivity contribution is -0.137. The van der Waals surface area contributed by atoms with Gasteiger partial charge in [0.2, 0.25) is 0 Å². The lowest BCUT2D eigenvalue weighted by atomic mass is 10.2. The minimum atomic E-state index is -4.57. The van der Waals surface area contributed by atoms with Crippen molar-refractivity contribution >= 4 is 17.3 Å². The maximum Gasteiger partial charge on any atom is 0.416 e. The Morgan fingerprint density at radius 3 is 2.50 bits per heavy atom. The third kappa shape index (κ3) is 2.10. The van der Waals surface area contributed by atoms with Gasteiger partial charge in [-0.1, -0.05) is 22.8 Å². The quantitative estimate of drug-likeness (QED) is 0.386. The number of azide groups is 1. The lowest BCUT2D eigenvalue weighted by Crippen LogP contribution is -2.04. The van der Waals surface area contributed by atoms with Crippen LogP contribution in [0.1, 0.15) is 5.56 Å². The minimum absolute atomic E-state index is 0.224. The molecule has 0 N–H and O–H groups in total. The van der Waals surface area contributed by atoms with E-state index in [-0.39, 0.29) is 5.02 Å². The van der Waals surface area contributed by atoms with E-state index in [1.54, 1.807) is 0 Å². The van der Waals surface area contributed by atoms with E-state index >= 15 is 0 Å². The van der Waals surface area contributed by atoms with E-state index in [4.69, 9.17) is 17.1 Å². The van der Waals surface area contributed by atoms with Crippen molar-refractivity contribution in [1.29, 1.82) is 0 Å². The molecule has 0 atom stereocenters. The van der Waals surface area contributed by atoms with E-state index < -0.39 is 17.4 Å². The first-order valence-corrected chi connectivity index (χ1v) is 3.75. The molecule has 0 saturated heterocycles. The zero-order chi connectivity index (χ0) is 10.8. The number of nitrogens with zero attached hydrogens (tertiary/aromatic N) is 3. The molecule has 0 unspecified atom stereocenters. The van der Waals surface area contributed by atoms with Crippen LogP contribution in [0.3, 0.4) is 0 Å². The van der Waals surface area contributed by atoms with Crippen molar-refractivity contribution in [3.8, 4) is 0 Å². The van der Waals surface area contributed by atoms with Gasteiger partial charge in [-0.2, -0.15) is 13.2 Å². The molecule has 0 aliphatic heterocycles. The van der Waals surface area contributed by atoms with E-state index in [0.717, 1.165) is 12.1 Å². The van der Waals surface area contributed by atoms with Gasteiger partial charge in [-0.05, 0) is 17.7 Å². The van der Waals surface area contributed by atoms with E-state index in [1.165, 1.54) is 6.07 Å². The first-order valence-electron chi connectivity index (χ1n) is 3.37. The van der Waals surface area contributed by atoms with Crippen LogP contribution in [-0.2, 0) is 6.18 Å². The molecule has 1 rings (SSSR count). The summed E-state index contributed by atoms with van der Waals surface area (Å²) in [5.41, 5.74) is 6.43. The fourth-order valence-corrected chi connectivity index (χ4v) is 1.10. The van der Waals surface area contributed by atoms with Gasteiger partial charge in [0.15, 0.2) is 0 Å². The average molecular weight is 222 g/mol. The Kier molecular flexibility index (Phi) is 2.88. The summed E-state index contributed by atoms with van der Waals surface area (Å²) in [5, 5.41) is 2.68. The van der Waals surface area contributed by atoms with Gasteiger partial charge >= 0.3 is 6.18 Å². The number of hydrogen-bond acceptors (Lipinski definition) is 1. The number of benzene rings is 1. The third-order valence-electron chi connectivity index (χ3n) is 1.44. The maximum atomic E-state index is 12.3. The molecule has 1 aromatic rings. The molecule has 14 heavy (non-hydrogen) atoms. The molecule has 0 spiro atoms. The molecule has 1 aromatic carbocycles. The zero-order valence-electron chi connectivity index (χ0n) is 6.59. The maximum absolute atomic E-state index is 12.3. The second-order valence-electron chi connectivity index (χ2n) is 2.32. The second-order valence-corrected chi connectivity index (χ2v) is 2.73. The summed E-state index contributed by atoms with van der Waals surface area (Å²) in [7, 11) is 0. The van der Waals surface area contributed by atoms with Crippen LogP contribution in [0.5, 0.6) is 0 Å². The highest BCUT2D eigenvalue weighted by molar-refractivity contribution is 6.33. The molecule has 0 radical (unpaired) electrons. The van der Waals surface area contributed by atoms with E-state index in [0.29, 0.717) is 0 Å². The molecule has 0 aromatic heterocycles. The fourth-order valence-electron chi connectivity index (χ4n) is 0.890. The molecule has 7 heteroatoms. The molecule has 74 valence electrons. The summed E-state index contributed by atoms with van der Waals surface area (Å²) >= 11 is 5.45. The Hall–Kier alpha value is -1.39. The van der Waals surface area contributed by atoms with Gasteiger partial charge < -0.3 is 0 Å². The van der Waals surface area contributed by atoms with Gasteiger partial charge in [0, 0.05) is 4.91 Å². The largest absolute Gasteiger partial charge is 0.416 e.